The molecule has 92 valence electrons. The lowest BCUT2D eigenvalue weighted by molar-refractivity contribution is -0.144. The predicted octanol–water partition coefficient (Wildman–Crippen LogP) is 0.811. The summed E-state index contributed by atoms with van der Waals surface area (Å²) in [4.78, 5) is 30.4. The average molecular weight is 258 g/mol. The second-order valence-electron chi connectivity index (χ2n) is 3.17. The molecule has 0 aliphatic heterocycles. The van der Waals surface area contributed by atoms with Crippen LogP contribution in [-0.2, 0) is 9.53 Å². The smallest absolute Gasteiger partial charge is 0.328 e. The maximum Gasteiger partial charge on any atom is 0.328 e. The van der Waals surface area contributed by atoms with Gasteiger partial charge in [-0.3, -0.25) is 9.78 Å². The van der Waals surface area contributed by atoms with Gasteiger partial charge in [0.15, 0.2) is 0 Å². The highest BCUT2D eigenvalue weighted by molar-refractivity contribution is 6.29. The van der Waals surface area contributed by atoms with E-state index in [9.17, 15) is 9.59 Å². The lowest BCUT2D eigenvalue weighted by Gasteiger charge is -2.11. The van der Waals surface area contributed by atoms with Crippen molar-refractivity contribution < 1.29 is 14.3 Å². The summed E-state index contributed by atoms with van der Waals surface area (Å²) in [6.07, 6.45) is 2.58. The van der Waals surface area contributed by atoms with Gasteiger partial charge in [-0.1, -0.05) is 11.6 Å². The Bertz CT molecular complexity index is 425. The van der Waals surface area contributed by atoms with Gasteiger partial charge < -0.3 is 10.1 Å². The number of carbonyl (C=O) groups is 2. The summed E-state index contributed by atoms with van der Waals surface area (Å²) in [5, 5.41) is 2.55. The molecule has 1 unspecified atom stereocenters. The zero-order valence-corrected chi connectivity index (χ0v) is 10.2. The molecule has 1 aromatic rings. The van der Waals surface area contributed by atoms with Crippen LogP contribution in [0.4, 0.5) is 0 Å². The van der Waals surface area contributed by atoms with Crippen molar-refractivity contribution in [2.45, 2.75) is 19.9 Å². The first-order valence-corrected chi connectivity index (χ1v) is 5.37. The van der Waals surface area contributed by atoms with Gasteiger partial charge in [-0.05, 0) is 13.8 Å². The summed E-state index contributed by atoms with van der Waals surface area (Å²) >= 11 is 5.59. The van der Waals surface area contributed by atoms with E-state index in [1.165, 1.54) is 19.3 Å². The third kappa shape index (κ3) is 3.99. The van der Waals surface area contributed by atoms with Gasteiger partial charge >= 0.3 is 5.97 Å². The second-order valence-corrected chi connectivity index (χ2v) is 3.56. The first kappa shape index (κ1) is 13.4. The number of esters is 1. The van der Waals surface area contributed by atoms with Gasteiger partial charge in [0.05, 0.1) is 19.0 Å². The van der Waals surface area contributed by atoms with E-state index in [2.05, 4.69) is 15.3 Å². The fourth-order valence-corrected chi connectivity index (χ4v) is 1.20. The number of nitrogens with one attached hydrogen (secondary N) is 1. The normalized spacial score (nSPS) is 11.7. The van der Waals surface area contributed by atoms with Crippen LogP contribution in [0.1, 0.15) is 24.3 Å². The molecule has 1 aromatic heterocycles. The Labute approximate surface area is 103 Å². The van der Waals surface area contributed by atoms with Crippen LogP contribution in [0.3, 0.4) is 0 Å². The summed E-state index contributed by atoms with van der Waals surface area (Å²) in [5.74, 6) is -1.03. The van der Waals surface area contributed by atoms with Crippen LogP contribution < -0.4 is 5.32 Å². The summed E-state index contributed by atoms with van der Waals surface area (Å²) in [5.41, 5.74) is 0.0497. The highest BCUT2D eigenvalue weighted by atomic mass is 35.5. The van der Waals surface area contributed by atoms with Crippen molar-refractivity contribution in [2.75, 3.05) is 6.61 Å². The highest BCUT2D eigenvalue weighted by Gasteiger charge is 2.18. The topological polar surface area (TPSA) is 81.2 Å². The Morgan fingerprint density at radius 1 is 1.53 bits per heavy atom. The van der Waals surface area contributed by atoms with Crippen LogP contribution in [0.2, 0.25) is 5.15 Å². The van der Waals surface area contributed by atoms with Gasteiger partial charge in [-0.25, -0.2) is 9.78 Å². The molecule has 0 saturated heterocycles. The van der Waals surface area contributed by atoms with Crippen molar-refractivity contribution in [3.8, 4) is 0 Å². The second kappa shape index (κ2) is 6.15. The molecule has 1 amide bonds. The number of hydrogen-bond donors (Lipinski definition) is 1. The van der Waals surface area contributed by atoms with E-state index in [1.54, 1.807) is 6.92 Å². The Morgan fingerprint density at radius 3 is 2.82 bits per heavy atom. The molecule has 0 aromatic carbocycles. The van der Waals surface area contributed by atoms with E-state index in [4.69, 9.17) is 16.3 Å². The molecule has 1 heterocycles. The van der Waals surface area contributed by atoms with E-state index in [1.807, 2.05) is 0 Å². The van der Waals surface area contributed by atoms with E-state index < -0.39 is 17.9 Å². The van der Waals surface area contributed by atoms with Gasteiger partial charge in [0.1, 0.15) is 16.9 Å². The Morgan fingerprint density at radius 2 is 2.24 bits per heavy atom. The maximum absolute atomic E-state index is 11.6. The van der Waals surface area contributed by atoms with Crippen LogP contribution in [0.15, 0.2) is 12.4 Å². The largest absolute Gasteiger partial charge is 0.464 e. The molecular formula is C10H12ClN3O3. The van der Waals surface area contributed by atoms with Gasteiger partial charge in [0, 0.05) is 0 Å². The third-order valence-corrected chi connectivity index (χ3v) is 2.01. The van der Waals surface area contributed by atoms with E-state index in [0.29, 0.717) is 0 Å². The molecule has 0 bridgehead atoms. The number of aromatic nitrogens is 2. The molecule has 0 aliphatic rings. The Balaban J connectivity index is 2.63. The molecule has 7 heteroatoms. The minimum Gasteiger partial charge on any atom is -0.464 e. The molecule has 6 nitrogen and oxygen atoms in total. The van der Waals surface area contributed by atoms with Gasteiger partial charge in [-0.15, -0.1) is 0 Å². The summed E-state index contributed by atoms with van der Waals surface area (Å²) in [6, 6.07) is -0.747. The summed E-state index contributed by atoms with van der Waals surface area (Å²) in [7, 11) is 0. The first-order chi connectivity index (χ1) is 8.04. The predicted molar refractivity (Wildman–Crippen MR) is 60.6 cm³/mol. The van der Waals surface area contributed by atoms with Crippen molar-refractivity contribution in [1.29, 1.82) is 0 Å². The van der Waals surface area contributed by atoms with Crippen LogP contribution in [0.25, 0.3) is 0 Å². The highest BCUT2D eigenvalue weighted by Crippen LogP contribution is 2.02. The fourth-order valence-electron chi connectivity index (χ4n) is 1.05. The first-order valence-electron chi connectivity index (χ1n) is 4.99. The van der Waals surface area contributed by atoms with Gasteiger partial charge in [-0.2, -0.15) is 0 Å². The number of ether oxygens (including phenoxy) is 1. The number of amides is 1. The third-order valence-electron chi connectivity index (χ3n) is 1.83. The minimum absolute atomic E-state index is 0.0497. The molecule has 1 rings (SSSR count). The van der Waals surface area contributed by atoms with Crippen LogP contribution in [0.5, 0.6) is 0 Å². The monoisotopic (exact) mass is 257 g/mol. The van der Waals surface area contributed by atoms with E-state index in [0.717, 1.165) is 0 Å². The maximum atomic E-state index is 11.6. The molecule has 0 saturated carbocycles. The SMILES string of the molecule is CCOC(=O)C(C)NC(=O)c1cncc(Cl)n1. The van der Waals surface area contributed by atoms with Crippen molar-refractivity contribution in [1.82, 2.24) is 15.3 Å². The molecule has 1 N–H and O–H groups in total. The van der Waals surface area contributed by atoms with Crippen molar-refractivity contribution in [3.05, 3.63) is 23.2 Å². The molecular weight excluding hydrogens is 246 g/mol. The summed E-state index contributed by atoms with van der Waals surface area (Å²) in [6.45, 7) is 3.47. The lowest BCUT2D eigenvalue weighted by atomic mass is 10.3. The lowest BCUT2D eigenvalue weighted by Crippen LogP contribution is -2.39. The number of nitrogens with zero attached hydrogens (tertiary/aromatic N) is 2. The quantitative estimate of drug-likeness (QED) is 0.808. The van der Waals surface area contributed by atoms with Crippen molar-refractivity contribution in [2.24, 2.45) is 0 Å². The van der Waals surface area contributed by atoms with Gasteiger partial charge in [0.2, 0.25) is 0 Å². The number of halogens is 1. The van der Waals surface area contributed by atoms with Crippen LogP contribution in [-0.4, -0.2) is 34.5 Å². The molecule has 0 aliphatic carbocycles. The van der Waals surface area contributed by atoms with Gasteiger partial charge in [0.25, 0.3) is 5.91 Å². The van der Waals surface area contributed by atoms with Crippen LogP contribution in [0, 0.1) is 0 Å². The zero-order chi connectivity index (χ0) is 12.8. The molecule has 1 atom stereocenters. The van der Waals surface area contributed by atoms with Crippen LogP contribution >= 0.6 is 11.6 Å². The molecule has 0 fully saturated rings. The standard InChI is InChI=1S/C10H12ClN3O3/c1-3-17-10(16)6(2)13-9(15)7-4-12-5-8(11)14-7/h4-6H,3H2,1-2H3,(H,13,15). The Kier molecular flexibility index (Phi) is 4.84. The fraction of sp³-hybridized carbons (Fsp3) is 0.400. The Hall–Kier alpha value is -1.69. The molecule has 0 spiro atoms. The average Bonchev–Trinajstić information content (AvgIpc) is 2.29. The minimum atomic E-state index is -0.747. The number of hydrogen-bond acceptors (Lipinski definition) is 5. The number of carbonyl (C=O) groups excluding carboxylic acids is 2. The van der Waals surface area contributed by atoms with Crippen molar-refractivity contribution >= 4 is 23.5 Å². The number of rotatable bonds is 4. The zero-order valence-electron chi connectivity index (χ0n) is 9.44. The van der Waals surface area contributed by atoms with Crippen molar-refractivity contribution in [3.63, 3.8) is 0 Å². The van der Waals surface area contributed by atoms with E-state index >= 15 is 0 Å². The summed E-state index contributed by atoms with van der Waals surface area (Å²) < 4.78 is 4.75. The molecule has 17 heavy (non-hydrogen) atoms. The van der Waals surface area contributed by atoms with E-state index in [-0.39, 0.29) is 17.5 Å². The molecule has 0 radical (unpaired) electrons.